The van der Waals surface area contributed by atoms with Crippen molar-refractivity contribution in [3.63, 3.8) is 0 Å². The average molecular weight is 451 g/mol. The van der Waals surface area contributed by atoms with Gasteiger partial charge in [-0.1, -0.05) is 52.2 Å². The molecule has 0 heterocycles. The van der Waals surface area contributed by atoms with Gasteiger partial charge in [-0.15, -0.1) is 0 Å². The van der Waals surface area contributed by atoms with Crippen molar-refractivity contribution in [1.29, 1.82) is 0 Å². The second-order valence-corrected chi connectivity index (χ2v) is 16.1. The molecule has 5 nitrogen and oxygen atoms in total. The normalized spacial score (nSPS) is 30.0. The zero-order valence-electron chi connectivity index (χ0n) is 20.3. The molecule has 5 atom stereocenters. The molecule has 0 aromatic rings. The molecule has 0 amide bonds. The van der Waals surface area contributed by atoms with Crippen molar-refractivity contribution < 1.29 is 23.5 Å². The summed E-state index contributed by atoms with van der Waals surface area (Å²) < 4.78 is 17.4. The molecule has 2 bridgehead atoms. The lowest BCUT2D eigenvalue weighted by Crippen LogP contribution is -2.46. The van der Waals surface area contributed by atoms with E-state index in [1.807, 2.05) is 0 Å². The van der Waals surface area contributed by atoms with Gasteiger partial charge in [-0.3, -0.25) is 9.59 Å². The SMILES string of the molecule is COCO[C@@H](C(=O)[C@H]1[C@H](C(=O)CO[Si](C)(C)C(C)(C)C)[C@H]2C=C[C@@H]1C2)C1CCCCC1. The Morgan fingerprint density at radius 3 is 2.23 bits per heavy atom. The van der Waals surface area contributed by atoms with Crippen LogP contribution < -0.4 is 0 Å². The van der Waals surface area contributed by atoms with Gasteiger partial charge < -0.3 is 13.9 Å². The number of rotatable bonds is 10. The highest BCUT2D eigenvalue weighted by molar-refractivity contribution is 6.74. The third-order valence-corrected chi connectivity index (χ3v) is 12.7. The summed E-state index contributed by atoms with van der Waals surface area (Å²) >= 11 is 0. The Morgan fingerprint density at radius 1 is 1.03 bits per heavy atom. The highest BCUT2D eigenvalue weighted by Gasteiger charge is 2.53. The Balaban J connectivity index is 1.75. The quantitative estimate of drug-likeness (QED) is 0.261. The summed E-state index contributed by atoms with van der Waals surface area (Å²) in [5.41, 5.74) is 0. The van der Waals surface area contributed by atoms with E-state index >= 15 is 0 Å². The molecule has 3 rings (SSSR count). The molecule has 0 saturated heterocycles. The van der Waals surface area contributed by atoms with E-state index in [1.54, 1.807) is 7.11 Å². The van der Waals surface area contributed by atoms with Crippen LogP contribution in [0.1, 0.15) is 59.3 Å². The van der Waals surface area contributed by atoms with Gasteiger partial charge in [0.05, 0.1) is 6.61 Å². The van der Waals surface area contributed by atoms with Crippen LogP contribution in [0.5, 0.6) is 0 Å². The highest BCUT2D eigenvalue weighted by Crippen LogP contribution is 2.50. The van der Waals surface area contributed by atoms with Crippen molar-refractivity contribution in [2.24, 2.45) is 29.6 Å². The van der Waals surface area contributed by atoms with Crippen LogP contribution in [0, 0.1) is 29.6 Å². The van der Waals surface area contributed by atoms with E-state index in [-0.39, 0.29) is 59.6 Å². The van der Waals surface area contributed by atoms with E-state index < -0.39 is 14.4 Å². The number of fused-ring (bicyclic) bond motifs is 2. The topological polar surface area (TPSA) is 61.8 Å². The molecule has 0 spiro atoms. The molecule has 0 unspecified atom stereocenters. The first-order valence-electron chi connectivity index (χ1n) is 12.1. The van der Waals surface area contributed by atoms with Gasteiger partial charge in [-0.05, 0) is 55.1 Å². The highest BCUT2D eigenvalue weighted by atomic mass is 28.4. The lowest BCUT2D eigenvalue weighted by Gasteiger charge is -2.37. The minimum atomic E-state index is -2.02. The fourth-order valence-electron chi connectivity index (χ4n) is 5.43. The molecule has 3 aliphatic carbocycles. The summed E-state index contributed by atoms with van der Waals surface area (Å²) in [5.74, 6) is 0.193. The Morgan fingerprint density at radius 2 is 1.65 bits per heavy atom. The van der Waals surface area contributed by atoms with Crippen LogP contribution in [0.25, 0.3) is 0 Å². The first-order chi connectivity index (χ1) is 14.6. The van der Waals surface area contributed by atoms with Crippen LogP contribution in [0.15, 0.2) is 12.2 Å². The summed E-state index contributed by atoms with van der Waals surface area (Å²) in [7, 11) is -0.430. The fraction of sp³-hybridized carbons (Fsp3) is 0.840. The van der Waals surface area contributed by atoms with E-state index in [4.69, 9.17) is 13.9 Å². The number of ketones is 2. The molecule has 0 N–H and O–H groups in total. The Hall–Kier alpha value is -0.823. The van der Waals surface area contributed by atoms with Crippen LogP contribution in [0.4, 0.5) is 0 Å². The molecular formula is C25H42O5Si. The maximum Gasteiger partial charge on any atom is 0.192 e. The number of allylic oxidation sites excluding steroid dienone is 2. The lowest BCUT2D eigenvalue weighted by atomic mass is 9.73. The molecule has 176 valence electrons. The predicted octanol–water partition coefficient (Wildman–Crippen LogP) is 5.15. The van der Waals surface area contributed by atoms with Crippen LogP contribution in [0.2, 0.25) is 18.1 Å². The molecule has 0 aromatic heterocycles. The van der Waals surface area contributed by atoms with Crippen molar-refractivity contribution in [2.45, 2.75) is 83.5 Å². The number of carbonyl (C=O) groups is 2. The standard InChI is InChI=1S/C25H42O5Si/c1-25(2,3)31(5,6)30-15-20(26)21-18-12-13-19(14-18)22(21)23(27)24(29-16-28-4)17-10-8-7-9-11-17/h12-13,17-19,21-22,24H,7-11,14-16H2,1-6H3/t18-,19+,21-,22+,24+/m0/s1. The first kappa shape index (κ1) is 24.8. The molecule has 2 saturated carbocycles. The van der Waals surface area contributed by atoms with Crippen molar-refractivity contribution >= 4 is 19.9 Å². The summed E-state index contributed by atoms with van der Waals surface area (Å²) in [5, 5.41) is 0.0527. The predicted molar refractivity (Wildman–Crippen MR) is 124 cm³/mol. The van der Waals surface area contributed by atoms with Crippen LogP contribution in [-0.2, 0) is 23.5 Å². The smallest absolute Gasteiger partial charge is 0.192 e. The van der Waals surface area contributed by atoms with Gasteiger partial charge in [0.2, 0.25) is 0 Å². The Labute approximate surface area is 189 Å². The molecule has 0 radical (unpaired) electrons. The van der Waals surface area contributed by atoms with Crippen molar-refractivity contribution in [3.05, 3.63) is 12.2 Å². The van der Waals surface area contributed by atoms with Crippen LogP contribution in [-0.4, -0.2) is 46.5 Å². The lowest BCUT2D eigenvalue weighted by molar-refractivity contribution is -0.155. The molecule has 0 aromatic carbocycles. The van der Waals surface area contributed by atoms with E-state index in [0.29, 0.717) is 0 Å². The van der Waals surface area contributed by atoms with Gasteiger partial charge in [-0.25, -0.2) is 0 Å². The number of methoxy groups -OCH3 is 1. The zero-order valence-corrected chi connectivity index (χ0v) is 21.3. The van der Waals surface area contributed by atoms with E-state index in [9.17, 15) is 9.59 Å². The average Bonchev–Trinajstić information content (AvgIpc) is 3.34. The number of ether oxygens (including phenoxy) is 2. The number of hydrogen-bond donors (Lipinski definition) is 0. The van der Waals surface area contributed by atoms with E-state index in [1.165, 1.54) is 6.42 Å². The molecule has 31 heavy (non-hydrogen) atoms. The van der Waals surface area contributed by atoms with Crippen molar-refractivity contribution in [3.8, 4) is 0 Å². The van der Waals surface area contributed by atoms with Gasteiger partial charge in [-0.2, -0.15) is 0 Å². The van der Waals surface area contributed by atoms with Crippen molar-refractivity contribution in [1.82, 2.24) is 0 Å². The maximum absolute atomic E-state index is 13.8. The fourth-order valence-corrected chi connectivity index (χ4v) is 6.37. The van der Waals surface area contributed by atoms with E-state index in [2.05, 4.69) is 46.0 Å². The monoisotopic (exact) mass is 450 g/mol. The number of hydrogen-bond acceptors (Lipinski definition) is 5. The summed E-state index contributed by atoms with van der Waals surface area (Å²) in [4.78, 5) is 27.2. The number of Topliss-reactive ketones (excluding diaryl/α,β-unsaturated/α-hetero) is 2. The summed E-state index contributed by atoms with van der Waals surface area (Å²) in [6, 6.07) is 0. The first-order valence-corrected chi connectivity index (χ1v) is 15.0. The molecule has 6 heteroatoms. The van der Waals surface area contributed by atoms with Gasteiger partial charge in [0.15, 0.2) is 19.9 Å². The maximum atomic E-state index is 13.8. The second-order valence-electron chi connectivity index (χ2n) is 11.3. The summed E-state index contributed by atoms with van der Waals surface area (Å²) in [6.07, 6.45) is 10.3. The minimum Gasteiger partial charge on any atom is -0.410 e. The Bertz CT molecular complexity index is 674. The third-order valence-electron chi connectivity index (χ3n) is 8.26. The zero-order chi connectivity index (χ0) is 22.8. The van der Waals surface area contributed by atoms with Crippen molar-refractivity contribution in [2.75, 3.05) is 20.5 Å². The molecule has 2 fully saturated rings. The Kier molecular flexibility index (Phi) is 7.99. The largest absolute Gasteiger partial charge is 0.410 e. The molecular weight excluding hydrogens is 408 g/mol. The van der Waals surface area contributed by atoms with Crippen LogP contribution >= 0.6 is 0 Å². The third kappa shape index (κ3) is 5.40. The second kappa shape index (κ2) is 9.98. The number of carbonyl (C=O) groups excluding carboxylic acids is 2. The molecule has 0 aliphatic heterocycles. The van der Waals surface area contributed by atoms with Gasteiger partial charge >= 0.3 is 0 Å². The van der Waals surface area contributed by atoms with E-state index in [0.717, 1.165) is 32.1 Å². The summed E-state index contributed by atoms with van der Waals surface area (Å²) in [6.45, 7) is 11.1. The van der Waals surface area contributed by atoms with Gasteiger partial charge in [0, 0.05) is 18.9 Å². The minimum absolute atomic E-state index is 0.0527. The van der Waals surface area contributed by atoms with Crippen LogP contribution in [0.3, 0.4) is 0 Å². The van der Waals surface area contributed by atoms with Gasteiger partial charge in [0.1, 0.15) is 12.9 Å². The van der Waals surface area contributed by atoms with Gasteiger partial charge in [0.25, 0.3) is 0 Å². The molecule has 3 aliphatic rings.